The van der Waals surface area contributed by atoms with E-state index in [1.54, 1.807) is 12.8 Å². The van der Waals surface area contributed by atoms with Crippen LogP contribution in [0.3, 0.4) is 0 Å². The van der Waals surface area contributed by atoms with Crippen LogP contribution in [0, 0.1) is 0 Å². The largest absolute Gasteiger partial charge is 0.0919 e. The van der Waals surface area contributed by atoms with Crippen LogP contribution in [-0.4, -0.2) is 16.0 Å². The molecule has 1 aliphatic carbocycles. The molecule has 0 radical (unpaired) electrons. The normalized spacial score (nSPS) is 32.0. The molecule has 2 fully saturated rings. The fourth-order valence-corrected chi connectivity index (χ4v) is 9.46. The Morgan fingerprint density at radius 3 is 1.73 bits per heavy atom. The summed E-state index contributed by atoms with van der Waals surface area (Å²) in [7, 11) is 0.241. The summed E-state index contributed by atoms with van der Waals surface area (Å²) >= 11 is 0. The molecule has 1 heterocycles. The van der Waals surface area contributed by atoms with E-state index in [0.29, 0.717) is 10.3 Å². The highest BCUT2D eigenvalue weighted by Gasteiger charge is 2.47. The Hall–Kier alpha value is 0.430. The van der Waals surface area contributed by atoms with Crippen LogP contribution in [0.5, 0.6) is 0 Å². The van der Waals surface area contributed by atoms with Crippen molar-refractivity contribution < 1.29 is 0 Å². The van der Waals surface area contributed by atoms with Gasteiger partial charge in [0, 0.05) is 0 Å². The van der Waals surface area contributed by atoms with Crippen molar-refractivity contribution in [2.24, 2.45) is 0 Å². The molecule has 0 amide bonds. The van der Waals surface area contributed by atoms with E-state index in [1.165, 1.54) is 32.1 Å². The molecule has 0 unspecified atom stereocenters. The topological polar surface area (TPSA) is 0 Å². The van der Waals surface area contributed by atoms with Gasteiger partial charge in [0.05, 0.1) is 0 Å². The molecule has 0 aromatic rings. The van der Waals surface area contributed by atoms with Gasteiger partial charge in [0.25, 0.3) is 0 Å². The molecular formula is C14H27P. The molecule has 0 bridgehead atoms. The minimum absolute atomic E-state index is 0.241. The van der Waals surface area contributed by atoms with Crippen molar-refractivity contribution in [1.82, 2.24) is 0 Å². The van der Waals surface area contributed by atoms with E-state index in [4.69, 9.17) is 0 Å². The maximum absolute atomic E-state index is 2.55. The van der Waals surface area contributed by atoms with Crippen LogP contribution in [-0.2, 0) is 0 Å². The summed E-state index contributed by atoms with van der Waals surface area (Å²) in [6.45, 7) is 10.2. The van der Waals surface area contributed by atoms with E-state index < -0.39 is 0 Å². The number of hydrogen-bond acceptors (Lipinski definition) is 0. The lowest BCUT2D eigenvalue weighted by molar-refractivity contribution is 0.459. The Balaban J connectivity index is 2.21. The van der Waals surface area contributed by atoms with Gasteiger partial charge < -0.3 is 0 Å². The first-order chi connectivity index (χ1) is 6.93. The van der Waals surface area contributed by atoms with E-state index in [2.05, 4.69) is 27.7 Å². The van der Waals surface area contributed by atoms with Crippen LogP contribution < -0.4 is 0 Å². The molecule has 0 nitrogen and oxygen atoms in total. The van der Waals surface area contributed by atoms with Gasteiger partial charge in [-0.1, -0.05) is 54.9 Å². The average molecular weight is 226 g/mol. The van der Waals surface area contributed by atoms with Crippen molar-refractivity contribution in [3.8, 4) is 0 Å². The summed E-state index contributed by atoms with van der Waals surface area (Å²) in [6, 6.07) is 0. The van der Waals surface area contributed by atoms with E-state index in [9.17, 15) is 0 Å². The van der Waals surface area contributed by atoms with Crippen molar-refractivity contribution >= 4 is 7.92 Å². The van der Waals surface area contributed by atoms with Crippen molar-refractivity contribution in [2.75, 3.05) is 0 Å². The summed E-state index contributed by atoms with van der Waals surface area (Å²) in [5.74, 6) is 0. The van der Waals surface area contributed by atoms with Gasteiger partial charge in [-0.2, -0.15) is 0 Å². The molecule has 2 rings (SSSR count). The van der Waals surface area contributed by atoms with Gasteiger partial charge in [0.2, 0.25) is 0 Å². The predicted octanol–water partition coefficient (Wildman–Crippen LogP) is 5.15. The van der Waals surface area contributed by atoms with Crippen LogP contribution in [0.1, 0.15) is 72.6 Å². The molecule has 2 aliphatic rings. The van der Waals surface area contributed by atoms with E-state index in [0.717, 1.165) is 5.66 Å². The second-order valence-electron chi connectivity index (χ2n) is 6.79. The maximum atomic E-state index is 2.55. The fourth-order valence-electron chi connectivity index (χ4n) is 4.16. The highest BCUT2D eigenvalue weighted by Crippen LogP contribution is 2.70. The smallest absolute Gasteiger partial charge is 0.0144 e. The number of hydrogen-bond donors (Lipinski definition) is 0. The Labute approximate surface area is 97.0 Å². The van der Waals surface area contributed by atoms with E-state index >= 15 is 0 Å². The second kappa shape index (κ2) is 4.02. The zero-order valence-corrected chi connectivity index (χ0v) is 11.9. The zero-order valence-electron chi connectivity index (χ0n) is 11.0. The summed E-state index contributed by atoms with van der Waals surface area (Å²) in [6.07, 6.45) is 10.5. The molecule has 1 saturated heterocycles. The first kappa shape index (κ1) is 11.9. The van der Waals surface area contributed by atoms with Gasteiger partial charge in [0.15, 0.2) is 0 Å². The van der Waals surface area contributed by atoms with Crippen LogP contribution in [0.4, 0.5) is 0 Å². The fraction of sp³-hybridized carbons (Fsp3) is 1.00. The molecule has 1 aliphatic heterocycles. The Morgan fingerprint density at radius 1 is 0.800 bits per heavy atom. The quantitative estimate of drug-likeness (QED) is 0.542. The van der Waals surface area contributed by atoms with Crippen LogP contribution in [0.15, 0.2) is 0 Å². The lowest BCUT2D eigenvalue weighted by Crippen LogP contribution is -2.38. The van der Waals surface area contributed by atoms with Crippen molar-refractivity contribution in [3.63, 3.8) is 0 Å². The second-order valence-corrected chi connectivity index (χ2v) is 10.7. The highest BCUT2D eigenvalue weighted by molar-refractivity contribution is 7.61. The van der Waals surface area contributed by atoms with Gasteiger partial charge >= 0.3 is 0 Å². The molecule has 0 N–H and O–H groups in total. The van der Waals surface area contributed by atoms with Crippen LogP contribution >= 0.6 is 7.92 Å². The minimum Gasteiger partial charge on any atom is -0.0919 e. The van der Waals surface area contributed by atoms with Gasteiger partial charge in [-0.25, -0.2) is 0 Å². The van der Waals surface area contributed by atoms with Crippen molar-refractivity contribution in [1.29, 1.82) is 0 Å². The summed E-state index contributed by atoms with van der Waals surface area (Å²) in [5, 5.41) is 1.32. The third-order valence-electron chi connectivity index (χ3n) is 4.57. The lowest BCUT2D eigenvalue weighted by Gasteiger charge is -2.53. The summed E-state index contributed by atoms with van der Waals surface area (Å²) in [4.78, 5) is 0. The summed E-state index contributed by atoms with van der Waals surface area (Å²) in [5.41, 5.74) is 1.10. The molecule has 15 heavy (non-hydrogen) atoms. The van der Waals surface area contributed by atoms with Gasteiger partial charge in [-0.3, -0.25) is 0 Å². The predicted molar refractivity (Wildman–Crippen MR) is 71.2 cm³/mol. The zero-order chi connectivity index (χ0) is 11.1. The molecule has 1 heteroatoms. The Morgan fingerprint density at radius 2 is 1.27 bits per heavy atom. The lowest BCUT2D eigenvalue weighted by atomic mass is 9.98. The monoisotopic (exact) mass is 226 g/mol. The van der Waals surface area contributed by atoms with Gasteiger partial charge in [-0.15, -0.1) is 0 Å². The van der Waals surface area contributed by atoms with Gasteiger partial charge in [0.1, 0.15) is 0 Å². The number of rotatable bonds is 1. The van der Waals surface area contributed by atoms with Gasteiger partial charge in [-0.05, 0) is 41.7 Å². The SMILES string of the molecule is CC1(C)CCCC(C)(C)P1C1CCCC1. The Bertz CT molecular complexity index is 207. The molecule has 0 atom stereocenters. The molecule has 88 valence electrons. The minimum atomic E-state index is 0.241. The summed E-state index contributed by atoms with van der Waals surface area (Å²) < 4.78 is 0. The molecule has 1 saturated carbocycles. The molecule has 0 aromatic heterocycles. The first-order valence-electron chi connectivity index (χ1n) is 6.73. The molecular weight excluding hydrogens is 199 g/mol. The van der Waals surface area contributed by atoms with Crippen LogP contribution in [0.25, 0.3) is 0 Å². The Kier molecular flexibility index (Phi) is 3.19. The maximum Gasteiger partial charge on any atom is -0.0144 e. The third kappa shape index (κ3) is 2.26. The third-order valence-corrected chi connectivity index (χ3v) is 8.87. The first-order valence-corrected chi connectivity index (χ1v) is 8.14. The average Bonchev–Trinajstić information content (AvgIpc) is 2.53. The van der Waals surface area contributed by atoms with E-state index in [1.807, 2.05) is 0 Å². The van der Waals surface area contributed by atoms with Crippen LogP contribution in [0.2, 0.25) is 0 Å². The highest BCUT2D eigenvalue weighted by atomic mass is 31.1. The van der Waals surface area contributed by atoms with E-state index in [-0.39, 0.29) is 7.92 Å². The molecule has 0 aromatic carbocycles. The van der Waals surface area contributed by atoms with Crippen molar-refractivity contribution in [2.45, 2.75) is 88.6 Å². The standard InChI is InChI=1S/C14H27P/c1-13(2)10-7-11-14(3,4)15(13)12-8-5-6-9-12/h12H,5-11H2,1-4H3. The molecule has 0 spiro atoms. The van der Waals surface area contributed by atoms with Crippen molar-refractivity contribution in [3.05, 3.63) is 0 Å².